The lowest BCUT2D eigenvalue weighted by atomic mass is 9.82. The highest BCUT2D eigenvalue weighted by molar-refractivity contribution is 6.30. The van der Waals surface area contributed by atoms with Crippen LogP contribution in [0.4, 0.5) is 10.1 Å². The van der Waals surface area contributed by atoms with Gasteiger partial charge in [-0.05, 0) is 24.6 Å². The molecule has 0 atom stereocenters. The fraction of sp³-hybridized carbons (Fsp3) is 0.385. The summed E-state index contributed by atoms with van der Waals surface area (Å²) in [7, 11) is 0. The highest BCUT2D eigenvalue weighted by Gasteiger charge is 2.41. The number of benzene rings is 1. The summed E-state index contributed by atoms with van der Waals surface area (Å²) in [5, 5.41) is 0.229. The molecule has 2 amide bonds. The Hall–Kier alpha value is -1.42. The van der Waals surface area contributed by atoms with E-state index in [4.69, 9.17) is 11.6 Å². The van der Waals surface area contributed by atoms with E-state index in [2.05, 4.69) is 0 Å². The highest BCUT2D eigenvalue weighted by atomic mass is 35.5. The van der Waals surface area contributed by atoms with Crippen molar-refractivity contribution in [2.45, 2.75) is 26.7 Å². The maximum Gasteiger partial charge on any atom is 0.239 e. The molecule has 1 heterocycles. The van der Waals surface area contributed by atoms with Crippen LogP contribution in [-0.2, 0) is 9.59 Å². The molecule has 2 rings (SSSR count). The van der Waals surface area contributed by atoms with E-state index < -0.39 is 11.2 Å². The number of halogens is 2. The lowest BCUT2D eigenvalue weighted by molar-refractivity contribution is -0.136. The Morgan fingerprint density at radius 3 is 2.61 bits per heavy atom. The summed E-state index contributed by atoms with van der Waals surface area (Å²) < 4.78 is 13.8. The van der Waals surface area contributed by atoms with Gasteiger partial charge in [0.2, 0.25) is 11.8 Å². The van der Waals surface area contributed by atoms with E-state index in [1.165, 1.54) is 12.1 Å². The van der Waals surface area contributed by atoms with E-state index >= 15 is 0 Å². The van der Waals surface area contributed by atoms with Crippen LogP contribution < -0.4 is 4.90 Å². The largest absolute Gasteiger partial charge is 0.274 e. The number of nitrogens with zero attached hydrogens (tertiary/aromatic N) is 1. The van der Waals surface area contributed by atoms with Crippen molar-refractivity contribution in [3.8, 4) is 0 Å². The molecule has 0 unspecified atom stereocenters. The van der Waals surface area contributed by atoms with Gasteiger partial charge in [-0.15, -0.1) is 0 Å². The van der Waals surface area contributed by atoms with E-state index in [-0.39, 0.29) is 28.9 Å². The van der Waals surface area contributed by atoms with Gasteiger partial charge < -0.3 is 0 Å². The molecule has 0 aliphatic carbocycles. The lowest BCUT2D eigenvalue weighted by Gasteiger charge is -2.35. The second kappa shape index (κ2) is 4.35. The van der Waals surface area contributed by atoms with Gasteiger partial charge in [-0.1, -0.05) is 25.4 Å². The van der Waals surface area contributed by atoms with Gasteiger partial charge in [0.15, 0.2) is 0 Å². The first kappa shape index (κ1) is 13.0. The Balaban J connectivity index is 2.47. The Kier molecular flexibility index (Phi) is 3.15. The third-order valence-corrected chi connectivity index (χ3v) is 3.38. The number of hydrogen-bond donors (Lipinski definition) is 0. The summed E-state index contributed by atoms with van der Waals surface area (Å²) in [4.78, 5) is 25.0. The fourth-order valence-corrected chi connectivity index (χ4v) is 2.12. The number of hydrogen-bond acceptors (Lipinski definition) is 2. The normalized spacial score (nSPS) is 19.2. The molecule has 0 saturated carbocycles. The topological polar surface area (TPSA) is 37.4 Å². The number of piperidine rings is 1. The maximum absolute atomic E-state index is 13.8. The lowest BCUT2D eigenvalue weighted by Crippen LogP contribution is -2.49. The van der Waals surface area contributed by atoms with Crippen molar-refractivity contribution >= 4 is 29.1 Å². The van der Waals surface area contributed by atoms with Crippen molar-refractivity contribution in [1.29, 1.82) is 0 Å². The minimum absolute atomic E-state index is 0.0258. The zero-order valence-electron chi connectivity index (χ0n) is 10.2. The number of carbonyl (C=O) groups is 2. The number of carbonyl (C=O) groups excluding carboxylic acids is 2. The maximum atomic E-state index is 13.8. The van der Waals surface area contributed by atoms with E-state index in [1.807, 2.05) is 0 Å². The van der Waals surface area contributed by atoms with Crippen LogP contribution in [0.5, 0.6) is 0 Å². The second-order valence-electron chi connectivity index (χ2n) is 5.01. The van der Waals surface area contributed by atoms with E-state index in [0.717, 1.165) is 11.0 Å². The summed E-state index contributed by atoms with van der Waals surface area (Å²) in [5.41, 5.74) is -0.679. The van der Waals surface area contributed by atoms with Crippen LogP contribution in [0.1, 0.15) is 26.7 Å². The van der Waals surface area contributed by atoms with Crippen molar-refractivity contribution in [1.82, 2.24) is 0 Å². The summed E-state index contributed by atoms with van der Waals surface area (Å²) in [6.07, 6.45) is 0.719. The predicted molar refractivity (Wildman–Crippen MR) is 66.9 cm³/mol. The van der Waals surface area contributed by atoms with Crippen LogP contribution in [0.3, 0.4) is 0 Å². The number of rotatable bonds is 1. The first-order chi connectivity index (χ1) is 8.33. The van der Waals surface area contributed by atoms with Gasteiger partial charge in [0.1, 0.15) is 5.82 Å². The van der Waals surface area contributed by atoms with Crippen molar-refractivity contribution in [2.75, 3.05) is 4.90 Å². The second-order valence-corrected chi connectivity index (χ2v) is 5.45. The average molecular weight is 270 g/mol. The molecule has 1 aromatic rings. The SMILES string of the molecule is CC1(C)CCC(=O)N(c2ccc(Cl)cc2F)C1=O. The Morgan fingerprint density at radius 1 is 1.33 bits per heavy atom. The molecule has 1 aromatic carbocycles. The van der Waals surface area contributed by atoms with E-state index in [1.54, 1.807) is 13.8 Å². The number of amides is 2. The monoisotopic (exact) mass is 269 g/mol. The molecule has 96 valence electrons. The molecule has 1 aliphatic heterocycles. The predicted octanol–water partition coefficient (Wildman–Crippen LogP) is 3.16. The Labute approximate surface area is 110 Å². The van der Waals surface area contributed by atoms with Crippen LogP contribution in [0, 0.1) is 11.2 Å². The van der Waals surface area contributed by atoms with Crippen molar-refractivity contribution < 1.29 is 14.0 Å². The van der Waals surface area contributed by atoms with Crippen LogP contribution in [0.15, 0.2) is 18.2 Å². The molecule has 1 aliphatic rings. The standard InChI is InChI=1S/C13H13ClFNO2/c1-13(2)6-5-11(17)16(12(13)18)10-4-3-8(14)7-9(10)15/h3-4,7H,5-6H2,1-2H3. The number of anilines is 1. The van der Waals surface area contributed by atoms with Gasteiger partial charge in [-0.2, -0.15) is 0 Å². The van der Waals surface area contributed by atoms with Crippen LogP contribution in [0.25, 0.3) is 0 Å². The van der Waals surface area contributed by atoms with E-state index in [0.29, 0.717) is 6.42 Å². The van der Waals surface area contributed by atoms with Gasteiger partial charge in [0.25, 0.3) is 0 Å². The van der Waals surface area contributed by atoms with Gasteiger partial charge in [0, 0.05) is 16.9 Å². The van der Waals surface area contributed by atoms with Gasteiger partial charge in [0.05, 0.1) is 5.69 Å². The summed E-state index contributed by atoms with van der Waals surface area (Å²) in [5.74, 6) is -1.41. The van der Waals surface area contributed by atoms with Gasteiger partial charge in [-0.3, -0.25) is 9.59 Å². The third-order valence-electron chi connectivity index (χ3n) is 3.15. The molecule has 1 fully saturated rings. The molecule has 0 spiro atoms. The third kappa shape index (κ3) is 2.12. The quantitative estimate of drug-likeness (QED) is 0.735. The van der Waals surface area contributed by atoms with Crippen molar-refractivity contribution in [3.05, 3.63) is 29.0 Å². The molecule has 0 bridgehead atoms. The average Bonchev–Trinajstić information content (AvgIpc) is 2.28. The van der Waals surface area contributed by atoms with Crippen molar-refractivity contribution in [2.24, 2.45) is 5.41 Å². The first-order valence-electron chi connectivity index (χ1n) is 5.65. The fourth-order valence-electron chi connectivity index (χ4n) is 1.96. The van der Waals surface area contributed by atoms with Crippen LogP contribution >= 0.6 is 11.6 Å². The molecule has 5 heteroatoms. The van der Waals surface area contributed by atoms with Crippen molar-refractivity contribution in [3.63, 3.8) is 0 Å². The van der Waals surface area contributed by atoms with Crippen LogP contribution in [-0.4, -0.2) is 11.8 Å². The molecule has 0 aromatic heterocycles. The zero-order chi connectivity index (χ0) is 13.5. The Morgan fingerprint density at radius 2 is 2.00 bits per heavy atom. The minimum atomic E-state index is -0.665. The molecule has 3 nitrogen and oxygen atoms in total. The molecule has 0 N–H and O–H groups in total. The number of imide groups is 1. The summed E-state index contributed by atoms with van der Waals surface area (Å²) in [6.45, 7) is 3.51. The zero-order valence-corrected chi connectivity index (χ0v) is 10.9. The minimum Gasteiger partial charge on any atom is -0.274 e. The van der Waals surface area contributed by atoms with Gasteiger partial charge in [-0.25, -0.2) is 9.29 Å². The van der Waals surface area contributed by atoms with Gasteiger partial charge >= 0.3 is 0 Å². The van der Waals surface area contributed by atoms with Crippen LogP contribution in [0.2, 0.25) is 5.02 Å². The molecular weight excluding hydrogens is 257 g/mol. The molecule has 1 saturated heterocycles. The highest BCUT2D eigenvalue weighted by Crippen LogP contribution is 2.35. The smallest absolute Gasteiger partial charge is 0.239 e. The summed E-state index contributed by atoms with van der Waals surface area (Å²) in [6, 6.07) is 3.91. The molecule has 0 radical (unpaired) electrons. The Bertz CT molecular complexity index is 528. The van der Waals surface area contributed by atoms with E-state index in [9.17, 15) is 14.0 Å². The molecule has 18 heavy (non-hydrogen) atoms. The summed E-state index contributed by atoms with van der Waals surface area (Å²) >= 11 is 5.66. The first-order valence-corrected chi connectivity index (χ1v) is 6.03. The molecular formula is C13H13ClFNO2.